The van der Waals surface area contributed by atoms with Crippen LogP contribution in [0, 0.1) is 0 Å². The Hall–Kier alpha value is -1.26. The fraction of sp³-hybridized carbons (Fsp3) is 0.538. The van der Waals surface area contributed by atoms with Crippen molar-refractivity contribution in [2.75, 3.05) is 13.3 Å². The van der Waals surface area contributed by atoms with Crippen molar-refractivity contribution in [2.45, 2.75) is 31.3 Å². The van der Waals surface area contributed by atoms with Crippen LogP contribution in [0.1, 0.15) is 30.9 Å². The van der Waals surface area contributed by atoms with Gasteiger partial charge in [-0.15, -0.1) is 0 Å². The Balaban J connectivity index is 1.78. The lowest BCUT2D eigenvalue weighted by atomic mass is 9.93. The zero-order chi connectivity index (χ0) is 11.7. The molecule has 0 saturated carbocycles. The standard InChI is InChI=1S/C13H18N2O2/c14-13(10-3-1-2-6-15-10)9-4-5-11-12(7-9)17-8-16-11/h4-5,7,10,13,15H,1-3,6,8,14H2. The third kappa shape index (κ3) is 2.10. The van der Waals surface area contributed by atoms with E-state index < -0.39 is 0 Å². The summed E-state index contributed by atoms with van der Waals surface area (Å²) in [5, 5.41) is 3.49. The second-order valence-corrected chi connectivity index (χ2v) is 4.69. The number of fused-ring (bicyclic) bond motifs is 1. The van der Waals surface area contributed by atoms with Crippen LogP contribution in [0.25, 0.3) is 0 Å². The predicted octanol–water partition coefficient (Wildman–Crippen LogP) is 1.56. The van der Waals surface area contributed by atoms with Gasteiger partial charge in [0.25, 0.3) is 0 Å². The van der Waals surface area contributed by atoms with Gasteiger partial charge in [-0.2, -0.15) is 0 Å². The van der Waals surface area contributed by atoms with Crippen LogP contribution >= 0.6 is 0 Å². The molecular formula is C13H18N2O2. The van der Waals surface area contributed by atoms with Gasteiger partial charge in [0.2, 0.25) is 6.79 Å². The monoisotopic (exact) mass is 234 g/mol. The Morgan fingerprint density at radius 2 is 2.12 bits per heavy atom. The van der Waals surface area contributed by atoms with E-state index in [2.05, 4.69) is 5.32 Å². The van der Waals surface area contributed by atoms with E-state index >= 15 is 0 Å². The first-order valence-corrected chi connectivity index (χ1v) is 6.23. The molecule has 17 heavy (non-hydrogen) atoms. The summed E-state index contributed by atoms with van der Waals surface area (Å²) in [4.78, 5) is 0. The van der Waals surface area contributed by atoms with Crippen LogP contribution < -0.4 is 20.5 Å². The molecule has 0 radical (unpaired) electrons. The molecule has 0 aromatic heterocycles. The number of nitrogens with two attached hydrogens (primary N) is 1. The third-order valence-electron chi connectivity index (χ3n) is 3.56. The molecule has 4 heteroatoms. The SMILES string of the molecule is NC(c1ccc2c(c1)OCO2)C1CCCCN1. The molecule has 1 fully saturated rings. The number of ether oxygens (including phenoxy) is 2. The summed E-state index contributed by atoms with van der Waals surface area (Å²) in [6.45, 7) is 1.39. The fourth-order valence-electron chi connectivity index (χ4n) is 2.54. The minimum Gasteiger partial charge on any atom is -0.454 e. The third-order valence-corrected chi connectivity index (χ3v) is 3.56. The number of hydrogen-bond acceptors (Lipinski definition) is 4. The van der Waals surface area contributed by atoms with E-state index in [0.29, 0.717) is 12.8 Å². The van der Waals surface area contributed by atoms with E-state index in [1.807, 2.05) is 18.2 Å². The zero-order valence-corrected chi connectivity index (χ0v) is 9.82. The topological polar surface area (TPSA) is 56.5 Å². The maximum absolute atomic E-state index is 6.30. The van der Waals surface area contributed by atoms with Gasteiger partial charge in [-0.1, -0.05) is 12.5 Å². The van der Waals surface area contributed by atoms with Gasteiger partial charge in [0.1, 0.15) is 0 Å². The van der Waals surface area contributed by atoms with Crippen LogP contribution in [-0.2, 0) is 0 Å². The lowest BCUT2D eigenvalue weighted by Crippen LogP contribution is -2.42. The molecule has 2 aliphatic rings. The van der Waals surface area contributed by atoms with Gasteiger partial charge in [0.05, 0.1) is 0 Å². The largest absolute Gasteiger partial charge is 0.454 e. The Morgan fingerprint density at radius 3 is 2.94 bits per heavy atom. The molecule has 2 heterocycles. The van der Waals surface area contributed by atoms with Gasteiger partial charge in [0.15, 0.2) is 11.5 Å². The van der Waals surface area contributed by atoms with Crippen molar-refractivity contribution in [1.29, 1.82) is 0 Å². The number of rotatable bonds is 2. The summed E-state index contributed by atoms with van der Waals surface area (Å²) in [7, 11) is 0. The normalized spacial score (nSPS) is 24.6. The molecule has 1 aromatic carbocycles. The first-order valence-electron chi connectivity index (χ1n) is 6.23. The molecule has 3 N–H and O–H groups in total. The van der Waals surface area contributed by atoms with Crippen molar-refractivity contribution >= 4 is 0 Å². The van der Waals surface area contributed by atoms with Crippen LogP contribution in [0.3, 0.4) is 0 Å². The van der Waals surface area contributed by atoms with Crippen LogP contribution in [0.4, 0.5) is 0 Å². The van der Waals surface area contributed by atoms with E-state index in [-0.39, 0.29) is 6.04 Å². The van der Waals surface area contributed by atoms with Gasteiger partial charge in [-0.25, -0.2) is 0 Å². The van der Waals surface area contributed by atoms with Crippen molar-refractivity contribution < 1.29 is 9.47 Å². The van der Waals surface area contributed by atoms with Crippen molar-refractivity contribution in [2.24, 2.45) is 5.73 Å². The second-order valence-electron chi connectivity index (χ2n) is 4.69. The van der Waals surface area contributed by atoms with E-state index in [4.69, 9.17) is 15.2 Å². The summed E-state index contributed by atoms with van der Waals surface area (Å²) in [6, 6.07) is 6.40. The Kier molecular flexibility index (Phi) is 2.91. The maximum atomic E-state index is 6.30. The van der Waals surface area contributed by atoms with Crippen molar-refractivity contribution in [3.63, 3.8) is 0 Å². The summed E-state index contributed by atoms with van der Waals surface area (Å²) in [5.41, 5.74) is 7.42. The highest BCUT2D eigenvalue weighted by molar-refractivity contribution is 5.45. The first-order chi connectivity index (χ1) is 8.34. The van der Waals surface area contributed by atoms with Gasteiger partial charge >= 0.3 is 0 Å². The van der Waals surface area contributed by atoms with Gasteiger partial charge in [-0.05, 0) is 37.1 Å². The summed E-state index contributed by atoms with van der Waals surface area (Å²) < 4.78 is 10.7. The molecule has 0 aliphatic carbocycles. The molecule has 0 amide bonds. The van der Waals surface area contributed by atoms with Crippen molar-refractivity contribution in [3.05, 3.63) is 23.8 Å². The van der Waals surface area contributed by atoms with E-state index in [1.165, 1.54) is 12.8 Å². The molecule has 2 aliphatic heterocycles. The highest BCUT2D eigenvalue weighted by Crippen LogP contribution is 2.34. The van der Waals surface area contributed by atoms with Crippen molar-refractivity contribution in [1.82, 2.24) is 5.32 Å². The lowest BCUT2D eigenvalue weighted by Gasteiger charge is -2.29. The number of nitrogens with one attached hydrogen (secondary N) is 1. The minimum absolute atomic E-state index is 0.0322. The minimum atomic E-state index is 0.0322. The quantitative estimate of drug-likeness (QED) is 0.815. The molecule has 92 valence electrons. The van der Waals surface area contributed by atoms with Crippen LogP contribution in [0.15, 0.2) is 18.2 Å². The molecule has 4 nitrogen and oxygen atoms in total. The summed E-state index contributed by atoms with van der Waals surface area (Å²) >= 11 is 0. The average Bonchev–Trinajstić information content (AvgIpc) is 2.86. The van der Waals surface area contributed by atoms with Gasteiger partial charge in [0, 0.05) is 12.1 Å². The van der Waals surface area contributed by atoms with Gasteiger partial charge in [-0.3, -0.25) is 0 Å². The molecule has 1 saturated heterocycles. The molecule has 0 spiro atoms. The lowest BCUT2D eigenvalue weighted by molar-refractivity contribution is 0.174. The summed E-state index contributed by atoms with van der Waals surface area (Å²) in [5.74, 6) is 1.63. The molecule has 1 aromatic rings. The molecule has 2 atom stereocenters. The predicted molar refractivity (Wildman–Crippen MR) is 65.1 cm³/mol. The van der Waals surface area contributed by atoms with E-state index in [9.17, 15) is 0 Å². The van der Waals surface area contributed by atoms with Crippen LogP contribution in [-0.4, -0.2) is 19.4 Å². The number of hydrogen-bond donors (Lipinski definition) is 2. The van der Waals surface area contributed by atoms with Gasteiger partial charge < -0.3 is 20.5 Å². The molecule has 0 bridgehead atoms. The van der Waals surface area contributed by atoms with Crippen molar-refractivity contribution in [3.8, 4) is 11.5 Å². The number of benzene rings is 1. The molecular weight excluding hydrogens is 216 g/mol. The average molecular weight is 234 g/mol. The van der Waals surface area contributed by atoms with E-state index in [0.717, 1.165) is 30.0 Å². The second kappa shape index (κ2) is 4.55. The van der Waals surface area contributed by atoms with Crippen LogP contribution in [0.5, 0.6) is 11.5 Å². The Labute approximate surface area is 101 Å². The molecule has 2 unspecified atom stereocenters. The maximum Gasteiger partial charge on any atom is 0.231 e. The highest BCUT2D eigenvalue weighted by atomic mass is 16.7. The first kappa shape index (κ1) is 10.9. The Bertz CT molecular complexity index is 402. The zero-order valence-electron chi connectivity index (χ0n) is 9.82. The van der Waals surface area contributed by atoms with Crippen LogP contribution in [0.2, 0.25) is 0 Å². The molecule has 3 rings (SSSR count). The smallest absolute Gasteiger partial charge is 0.231 e. The number of piperidine rings is 1. The fourth-order valence-corrected chi connectivity index (χ4v) is 2.54. The van der Waals surface area contributed by atoms with E-state index in [1.54, 1.807) is 0 Å². The summed E-state index contributed by atoms with van der Waals surface area (Å²) in [6.07, 6.45) is 3.66. The Morgan fingerprint density at radius 1 is 1.24 bits per heavy atom. The highest BCUT2D eigenvalue weighted by Gasteiger charge is 2.23.